The van der Waals surface area contributed by atoms with Gasteiger partial charge in [0.15, 0.2) is 0 Å². The highest BCUT2D eigenvalue weighted by atomic mass is 16.4. The van der Waals surface area contributed by atoms with Gasteiger partial charge in [0, 0.05) is 19.2 Å². The van der Waals surface area contributed by atoms with Gasteiger partial charge in [-0.1, -0.05) is 18.2 Å². The Balaban J connectivity index is 2.61. The molecule has 0 saturated carbocycles. The molecule has 0 heterocycles. The molecule has 1 aromatic carbocycles. The minimum absolute atomic E-state index is 0.153. The number of para-hydroxylation sites is 1. The molecular weight excluding hydrogens is 220 g/mol. The van der Waals surface area contributed by atoms with Crippen molar-refractivity contribution in [3.05, 3.63) is 29.8 Å². The SMILES string of the molecule is CC(=O)NC(CNc1ccccc1C)C(=O)O. The zero-order valence-electron chi connectivity index (χ0n) is 9.86. The fourth-order valence-electron chi connectivity index (χ4n) is 1.43. The quantitative estimate of drug-likeness (QED) is 0.712. The second kappa shape index (κ2) is 5.89. The lowest BCUT2D eigenvalue weighted by Crippen LogP contribution is -2.44. The molecule has 0 saturated heterocycles. The summed E-state index contributed by atoms with van der Waals surface area (Å²) in [5.74, 6) is -1.41. The molecule has 0 fully saturated rings. The van der Waals surface area contributed by atoms with Crippen molar-refractivity contribution in [3.8, 4) is 0 Å². The molecule has 1 unspecified atom stereocenters. The smallest absolute Gasteiger partial charge is 0.328 e. The predicted molar refractivity (Wildman–Crippen MR) is 64.9 cm³/mol. The number of aryl methyl sites for hydroxylation is 1. The van der Waals surface area contributed by atoms with E-state index in [1.165, 1.54) is 6.92 Å². The molecule has 1 rings (SSSR count). The van der Waals surface area contributed by atoms with Crippen LogP contribution in [0.5, 0.6) is 0 Å². The van der Waals surface area contributed by atoms with Crippen LogP contribution in [0.1, 0.15) is 12.5 Å². The van der Waals surface area contributed by atoms with Crippen LogP contribution in [0.4, 0.5) is 5.69 Å². The monoisotopic (exact) mass is 236 g/mol. The number of nitrogens with one attached hydrogen (secondary N) is 2. The molecule has 5 heteroatoms. The number of carboxylic acids is 1. The first-order chi connectivity index (χ1) is 8.00. The summed E-state index contributed by atoms with van der Waals surface area (Å²) in [6, 6.07) is 6.64. The van der Waals surface area contributed by atoms with Gasteiger partial charge in [0.2, 0.25) is 5.91 Å². The zero-order valence-corrected chi connectivity index (χ0v) is 9.86. The number of carboxylic acid groups (broad SMARTS) is 1. The van der Waals surface area contributed by atoms with Gasteiger partial charge in [-0.25, -0.2) is 4.79 Å². The van der Waals surface area contributed by atoms with Crippen molar-refractivity contribution >= 4 is 17.6 Å². The number of carbonyl (C=O) groups excluding carboxylic acids is 1. The number of rotatable bonds is 5. The summed E-state index contributed by atoms with van der Waals surface area (Å²) in [5, 5.41) is 14.3. The van der Waals surface area contributed by atoms with Gasteiger partial charge >= 0.3 is 5.97 Å². The van der Waals surface area contributed by atoms with E-state index in [1.54, 1.807) is 0 Å². The lowest BCUT2D eigenvalue weighted by Gasteiger charge is -2.15. The van der Waals surface area contributed by atoms with E-state index in [0.717, 1.165) is 11.3 Å². The fourth-order valence-corrected chi connectivity index (χ4v) is 1.43. The van der Waals surface area contributed by atoms with E-state index in [-0.39, 0.29) is 12.5 Å². The fraction of sp³-hybridized carbons (Fsp3) is 0.333. The molecule has 5 nitrogen and oxygen atoms in total. The summed E-state index contributed by atoms with van der Waals surface area (Å²) < 4.78 is 0. The molecule has 0 aliphatic carbocycles. The van der Waals surface area contributed by atoms with E-state index < -0.39 is 12.0 Å². The second-order valence-electron chi connectivity index (χ2n) is 3.79. The largest absolute Gasteiger partial charge is 0.480 e. The Labute approximate surface area is 99.8 Å². The number of aliphatic carboxylic acids is 1. The van der Waals surface area contributed by atoms with Gasteiger partial charge in [-0.2, -0.15) is 0 Å². The van der Waals surface area contributed by atoms with Crippen LogP contribution in [0.3, 0.4) is 0 Å². The molecule has 0 bridgehead atoms. The number of hydrogen-bond donors (Lipinski definition) is 3. The normalized spacial score (nSPS) is 11.6. The number of anilines is 1. The maximum Gasteiger partial charge on any atom is 0.328 e. The highest BCUT2D eigenvalue weighted by Gasteiger charge is 2.17. The van der Waals surface area contributed by atoms with Gasteiger partial charge in [0.05, 0.1) is 0 Å². The van der Waals surface area contributed by atoms with Crippen LogP contribution in [0.25, 0.3) is 0 Å². The highest BCUT2D eigenvalue weighted by Crippen LogP contribution is 2.12. The van der Waals surface area contributed by atoms with Crippen LogP contribution in [0.2, 0.25) is 0 Å². The Hall–Kier alpha value is -2.04. The Morgan fingerprint density at radius 2 is 2.00 bits per heavy atom. The Morgan fingerprint density at radius 3 is 2.53 bits per heavy atom. The summed E-state index contributed by atoms with van der Waals surface area (Å²) in [6.45, 7) is 3.37. The van der Waals surface area contributed by atoms with Crippen molar-refractivity contribution in [1.82, 2.24) is 5.32 Å². The summed E-state index contributed by atoms with van der Waals surface area (Å²) in [6.07, 6.45) is 0. The van der Waals surface area contributed by atoms with Gasteiger partial charge in [0.1, 0.15) is 6.04 Å². The minimum Gasteiger partial charge on any atom is -0.480 e. The molecule has 1 amide bonds. The molecule has 0 aliphatic rings. The van der Waals surface area contributed by atoms with Crippen LogP contribution in [0.15, 0.2) is 24.3 Å². The zero-order chi connectivity index (χ0) is 12.8. The Morgan fingerprint density at radius 1 is 1.35 bits per heavy atom. The van der Waals surface area contributed by atoms with Crippen molar-refractivity contribution in [3.63, 3.8) is 0 Å². The van der Waals surface area contributed by atoms with E-state index in [2.05, 4.69) is 10.6 Å². The van der Waals surface area contributed by atoms with Crippen molar-refractivity contribution in [2.75, 3.05) is 11.9 Å². The van der Waals surface area contributed by atoms with Crippen LogP contribution in [-0.4, -0.2) is 29.6 Å². The molecule has 0 aliphatic heterocycles. The molecule has 1 atom stereocenters. The third kappa shape index (κ3) is 4.14. The molecule has 3 N–H and O–H groups in total. The molecule has 0 radical (unpaired) electrons. The van der Waals surface area contributed by atoms with Gasteiger partial charge in [-0.05, 0) is 18.6 Å². The van der Waals surface area contributed by atoms with Crippen LogP contribution < -0.4 is 10.6 Å². The average Bonchev–Trinajstić information content (AvgIpc) is 2.25. The van der Waals surface area contributed by atoms with Gasteiger partial charge in [0.25, 0.3) is 0 Å². The maximum absolute atomic E-state index is 10.9. The van der Waals surface area contributed by atoms with E-state index in [1.807, 2.05) is 31.2 Å². The molecular formula is C12H16N2O3. The topological polar surface area (TPSA) is 78.4 Å². The van der Waals surface area contributed by atoms with Crippen molar-refractivity contribution in [1.29, 1.82) is 0 Å². The van der Waals surface area contributed by atoms with E-state index in [9.17, 15) is 9.59 Å². The number of hydrogen-bond acceptors (Lipinski definition) is 3. The van der Waals surface area contributed by atoms with E-state index in [0.29, 0.717) is 0 Å². The van der Waals surface area contributed by atoms with Crippen molar-refractivity contribution < 1.29 is 14.7 Å². The standard InChI is InChI=1S/C12H16N2O3/c1-8-5-3-4-6-10(8)13-7-11(12(16)17)14-9(2)15/h3-6,11,13H,7H2,1-2H3,(H,14,15)(H,16,17). The molecule has 0 spiro atoms. The number of benzene rings is 1. The first-order valence-electron chi connectivity index (χ1n) is 5.30. The van der Waals surface area contributed by atoms with Gasteiger partial charge < -0.3 is 15.7 Å². The molecule has 92 valence electrons. The summed E-state index contributed by atoms with van der Waals surface area (Å²) >= 11 is 0. The van der Waals surface area contributed by atoms with Crippen LogP contribution in [-0.2, 0) is 9.59 Å². The van der Waals surface area contributed by atoms with Crippen LogP contribution in [0, 0.1) is 6.92 Å². The van der Waals surface area contributed by atoms with E-state index in [4.69, 9.17) is 5.11 Å². The van der Waals surface area contributed by atoms with Crippen molar-refractivity contribution in [2.45, 2.75) is 19.9 Å². The average molecular weight is 236 g/mol. The summed E-state index contributed by atoms with van der Waals surface area (Å²) in [5.41, 5.74) is 1.89. The third-order valence-electron chi connectivity index (χ3n) is 2.32. The first-order valence-corrected chi connectivity index (χ1v) is 5.30. The summed E-state index contributed by atoms with van der Waals surface area (Å²) in [4.78, 5) is 21.7. The Bertz CT molecular complexity index is 418. The second-order valence-corrected chi connectivity index (χ2v) is 3.79. The highest BCUT2D eigenvalue weighted by molar-refractivity contribution is 5.82. The Kier molecular flexibility index (Phi) is 4.51. The summed E-state index contributed by atoms with van der Waals surface area (Å²) in [7, 11) is 0. The lowest BCUT2D eigenvalue weighted by molar-refractivity contribution is -0.141. The van der Waals surface area contributed by atoms with Crippen molar-refractivity contribution in [2.24, 2.45) is 0 Å². The van der Waals surface area contributed by atoms with Gasteiger partial charge in [-0.15, -0.1) is 0 Å². The van der Waals surface area contributed by atoms with Gasteiger partial charge in [-0.3, -0.25) is 4.79 Å². The first kappa shape index (κ1) is 13.0. The lowest BCUT2D eigenvalue weighted by atomic mass is 10.2. The molecule has 17 heavy (non-hydrogen) atoms. The molecule has 1 aromatic rings. The van der Waals surface area contributed by atoms with Crippen LogP contribution >= 0.6 is 0 Å². The van der Waals surface area contributed by atoms with E-state index >= 15 is 0 Å². The number of amides is 1. The minimum atomic E-state index is -1.05. The predicted octanol–water partition coefficient (Wildman–Crippen LogP) is 0.996. The third-order valence-corrected chi connectivity index (χ3v) is 2.32. The maximum atomic E-state index is 10.9. The molecule has 0 aromatic heterocycles. The number of carbonyl (C=O) groups is 2.